The Hall–Kier alpha value is -2.44. The van der Waals surface area contributed by atoms with E-state index in [0.29, 0.717) is 24.9 Å². The highest BCUT2D eigenvalue weighted by Gasteiger charge is 2.23. The Bertz CT molecular complexity index is 893. The Morgan fingerprint density at radius 2 is 1.92 bits per heavy atom. The second-order valence-corrected chi connectivity index (χ2v) is 6.51. The quantitative estimate of drug-likeness (QED) is 0.701. The zero-order chi connectivity index (χ0) is 17.9. The van der Waals surface area contributed by atoms with Gasteiger partial charge in [0, 0.05) is 19.5 Å². The molecule has 0 unspecified atom stereocenters. The van der Waals surface area contributed by atoms with Crippen molar-refractivity contribution in [2.24, 2.45) is 0 Å². The molecule has 1 aliphatic rings. The minimum Gasteiger partial charge on any atom is -0.497 e. The third-order valence-electron chi connectivity index (χ3n) is 4.76. The lowest BCUT2D eigenvalue weighted by atomic mass is 10.0. The largest absolute Gasteiger partial charge is 0.497 e. The van der Waals surface area contributed by atoms with Crippen molar-refractivity contribution >= 4 is 10.8 Å². The molecule has 4 rings (SSSR count). The van der Waals surface area contributed by atoms with Gasteiger partial charge in [-0.15, -0.1) is 10.2 Å². The molecule has 2 aromatic carbocycles. The number of nitrogens with zero attached hydrogens (tertiary/aromatic N) is 3. The van der Waals surface area contributed by atoms with Crippen LogP contribution in [0.2, 0.25) is 0 Å². The van der Waals surface area contributed by atoms with Crippen molar-refractivity contribution in [1.82, 2.24) is 15.1 Å². The number of rotatable bonds is 5. The van der Waals surface area contributed by atoms with Gasteiger partial charge >= 0.3 is 0 Å². The SMILES string of the molecule is CCc1nnc(CN2CCO[C@H](c3ccc4cc(OC)ccc4c3)C2)o1. The van der Waals surface area contributed by atoms with E-state index in [-0.39, 0.29) is 6.10 Å². The van der Waals surface area contributed by atoms with E-state index in [4.69, 9.17) is 13.9 Å². The highest BCUT2D eigenvalue weighted by molar-refractivity contribution is 5.84. The van der Waals surface area contributed by atoms with E-state index in [2.05, 4.69) is 39.4 Å². The summed E-state index contributed by atoms with van der Waals surface area (Å²) in [6.07, 6.45) is 0.810. The van der Waals surface area contributed by atoms with Crippen LogP contribution < -0.4 is 4.74 Å². The minimum absolute atomic E-state index is 0.0452. The number of methoxy groups -OCH3 is 1. The van der Waals surface area contributed by atoms with Crippen molar-refractivity contribution in [3.05, 3.63) is 53.7 Å². The lowest BCUT2D eigenvalue weighted by Gasteiger charge is -2.32. The van der Waals surface area contributed by atoms with E-state index >= 15 is 0 Å². The second kappa shape index (κ2) is 7.43. The molecule has 1 aliphatic heterocycles. The molecule has 0 saturated carbocycles. The molecule has 2 heterocycles. The predicted molar refractivity (Wildman–Crippen MR) is 98.1 cm³/mol. The lowest BCUT2D eigenvalue weighted by Crippen LogP contribution is -2.37. The van der Waals surface area contributed by atoms with Gasteiger partial charge in [0.15, 0.2) is 0 Å². The van der Waals surface area contributed by atoms with E-state index in [1.54, 1.807) is 7.11 Å². The summed E-state index contributed by atoms with van der Waals surface area (Å²) < 4.78 is 17.0. The highest BCUT2D eigenvalue weighted by Crippen LogP contribution is 2.28. The third kappa shape index (κ3) is 3.57. The first-order chi connectivity index (χ1) is 12.7. The summed E-state index contributed by atoms with van der Waals surface area (Å²) in [5, 5.41) is 10.5. The maximum atomic E-state index is 6.02. The number of aromatic nitrogens is 2. The highest BCUT2D eigenvalue weighted by atomic mass is 16.5. The van der Waals surface area contributed by atoms with Crippen LogP contribution in [0.15, 0.2) is 40.8 Å². The lowest BCUT2D eigenvalue weighted by molar-refractivity contribution is -0.0351. The number of morpholine rings is 1. The number of fused-ring (bicyclic) bond motifs is 1. The molecule has 0 bridgehead atoms. The van der Waals surface area contributed by atoms with Crippen LogP contribution in [0.1, 0.15) is 30.4 Å². The third-order valence-corrected chi connectivity index (χ3v) is 4.76. The average Bonchev–Trinajstić information content (AvgIpc) is 3.15. The van der Waals surface area contributed by atoms with Gasteiger partial charge in [-0.2, -0.15) is 0 Å². The maximum absolute atomic E-state index is 6.02. The van der Waals surface area contributed by atoms with Gasteiger partial charge in [0.1, 0.15) is 5.75 Å². The molecular formula is C20H23N3O3. The molecular weight excluding hydrogens is 330 g/mol. The molecule has 0 radical (unpaired) electrons. The number of ether oxygens (including phenoxy) is 2. The fraction of sp³-hybridized carbons (Fsp3) is 0.400. The molecule has 6 heteroatoms. The molecule has 136 valence electrons. The van der Waals surface area contributed by atoms with Gasteiger partial charge in [0.25, 0.3) is 0 Å². The smallest absolute Gasteiger partial charge is 0.230 e. The maximum Gasteiger partial charge on any atom is 0.230 e. The summed E-state index contributed by atoms with van der Waals surface area (Å²) in [6, 6.07) is 12.6. The number of hydrogen-bond donors (Lipinski definition) is 0. The van der Waals surface area contributed by atoms with Crippen LogP contribution in [0, 0.1) is 0 Å². The van der Waals surface area contributed by atoms with E-state index in [9.17, 15) is 0 Å². The molecule has 1 fully saturated rings. The van der Waals surface area contributed by atoms with Gasteiger partial charge in [0.05, 0.1) is 26.4 Å². The Morgan fingerprint density at radius 1 is 1.12 bits per heavy atom. The first-order valence-electron chi connectivity index (χ1n) is 8.98. The average molecular weight is 353 g/mol. The molecule has 0 spiro atoms. The number of hydrogen-bond acceptors (Lipinski definition) is 6. The van der Waals surface area contributed by atoms with Crippen LogP contribution in [0.4, 0.5) is 0 Å². The predicted octanol–water partition coefficient (Wildman–Crippen LogP) is 3.37. The van der Waals surface area contributed by atoms with Gasteiger partial charge in [-0.3, -0.25) is 4.90 Å². The van der Waals surface area contributed by atoms with E-state index in [0.717, 1.165) is 25.3 Å². The van der Waals surface area contributed by atoms with Crippen LogP contribution in [-0.2, 0) is 17.7 Å². The monoisotopic (exact) mass is 353 g/mol. The Labute approximate surface area is 152 Å². The molecule has 3 aromatic rings. The molecule has 1 saturated heterocycles. The summed E-state index contributed by atoms with van der Waals surface area (Å²) in [5.74, 6) is 2.24. The van der Waals surface area contributed by atoms with E-state index in [1.807, 2.05) is 19.1 Å². The molecule has 26 heavy (non-hydrogen) atoms. The van der Waals surface area contributed by atoms with E-state index in [1.165, 1.54) is 16.3 Å². The van der Waals surface area contributed by atoms with E-state index < -0.39 is 0 Å². The van der Waals surface area contributed by atoms with Gasteiger partial charge in [-0.25, -0.2) is 0 Å². The Kier molecular flexibility index (Phi) is 4.86. The number of benzene rings is 2. The standard InChI is InChI=1S/C20H23N3O3/c1-3-19-21-22-20(26-19)13-23-8-9-25-18(12-23)16-5-4-15-11-17(24-2)7-6-14(15)10-16/h4-7,10-11,18H,3,8-9,12-13H2,1-2H3/t18-/m0/s1. The van der Waals surface area contributed by atoms with Gasteiger partial charge < -0.3 is 13.9 Å². The van der Waals surface area contributed by atoms with Crippen molar-refractivity contribution in [3.8, 4) is 5.75 Å². The van der Waals surface area contributed by atoms with Gasteiger partial charge in [0.2, 0.25) is 11.8 Å². The normalized spacial score (nSPS) is 18.3. The first-order valence-corrected chi connectivity index (χ1v) is 8.98. The van der Waals surface area contributed by atoms with Crippen LogP contribution in [0.3, 0.4) is 0 Å². The summed E-state index contributed by atoms with van der Waals surface area (Å²) >= 11 is 0. The Balaban J connectivity index is 1.49. The molecule has 0 N–H and O–H groups in total. The zero-order valence-electron chi connectivity index (χ0n) is 15.1. The molecule has 0 amide bonds. The van der Waals surface area contributed by atoms with Crippen LogP contribution in [-0.4, -0.2) is 41.9 Å². The molecule has 1 aromatic heterocycles. The van der Waals surface area contributed by atoms with Crippen molar-refractivity contribution in [3.63, 3.8) is 0 Å². The fourth-order valence-electron chi connectivity index (χ4n) is 3.30. The second-order valence-electron chi connectivity index (χ2n) is 6.51. The fourth-order valence-corrected chi connectivity index (χ4v) is 3.30. The van der Waals surface area contributed by atoms with Gasteiger partial charge in [-0.05, 0) is 34.5 Å². The summed E-state index contributed by atoms with van der Waals surface area (Å²) in [7, 11) is 1.69. The van der Waals surface area contributed by atoms with Crippen LogP contribution >= 0.6 is 0 Å². The molecule has 6 nitrogen and oxygen atoms in total. The summed E-state index contributed by atoms with van der Waals surface area (Å²) in [6.45, 7) is 5.05. The topological polar surface area (TPSA) is 60.6 Å². The minimum atomic E-state index is 0.0452. The van der Waals surface area contributed by atoms with Crippen LogP contribution in [0.5, 0.6) is 5.75 Å². The zero-order valence-corrected chi connectivity index (χ0v) is 15.1. The van der Waals surface area contributed by atoms with Crippen molar-refractivity contribution in [2.75, 3.05) is 26.8 Å². The molecule has 1 atom stereocenters. The number of aryl methyl sites for hydroxylation is 1. The molecule has 0 aliphatic carbocycles. The van der Waals surface area contributed by atoms with Crippen molar-refractivity contribution < 1.29 is 13.9 Å². The first kappa shape index (κ1) is 17.0. The van der Waals surface area contributed by atoms with Gasteiger partial charge in [-0.1, -0.05) is 25.1 Å². The Morgan fingerprint density at radius 3 is 2.73 bits per heavy atom. The van der Waals surface area contributed by atoms with Crippen LogP contribution in [0.25, 0.3) is 10.8 Å². The summed E-state index contributed by atoms with van der Waals surface area (Å²) in [4.78, 5) is 2.30. The van der Waals surface area contributed by atoms with Crippen molar-refractivity contribution in [2.45, 2.75) is 26.0 Å². The van der Waals surface area contributed by atoms with Crippen molar-refractivity contribution in [1.29, 1.82) is 0 Å². The summed E-state index contributed by atoms with van der Waals surface area (Å²) in [5.41, 5.74) is 1.19.